The van der Waals surface area contributed by atoms with Crippen LogP contribution in [-0.2, 0) is 9.53 Å². The summed E-state index contributed by atoms with van der Waals surface area (Å²) in [4.78, 5) is 16.6. The van der Waals surface area contributed by atoms with Crippen molar-refractivity contribution in [2.24, 2.45) is 10.1 Å². The van der Waals surface area contributed by atoms with E-state index in [0.29, 0.717) is 17.0 Å². The minimum atomic E-state index is -0.621. The third-order valence-corrected chi connectivity index (χ3v) is 4.52. The number of fused-ring (bicyclic) bond motifs is 1. The Morgan fingerprint density at radius 2 is 2.27 bits per heavy atom. The maximum atomic E-state index is 13.9. The van der Waals surface area contributed by atoms with Crippen molar-refractivity contribution >= 4 is 35.3 Å². The van der Waals surface area contributed by atoms with Gasteiger partial charge in [-0.3, -0.25) is 4.79 Å². The zero-order chi connectivity index (χ0) is 18.3. The summed E-state index contributed by atoms with van der Waals surface area (Å²) in [6.45, 7) is 2.17. The number of halogens is 2. The lowest BCUT2D eigenvalue weighted by Crippen LogP contribution is -2.38. The molecule has 0 spiro atoms. The van der Waals surface area contributed by atoms with E-state index in [4.69, 9.17) is 21.1 Å². The Hall–Kier alpha value is -2.74. The van der Waals surface area contributed by atoms with Crippen molar-refractivity contribution < 1.29 is 23.3 Å². The highest BCUT2D eigenvalue weighted by Crippen LogP contribution is 2.36. The summed E-state index contributed by atoms with van der Waals surface area (Å²) < 4.78 is 27.0. The van der Waals surface area contributed by atoms with E-state index in [1.165, 1.54) is 23.0 Å². The summed E-state index contributed by atoms with van der Waals surface area (Å²) in [5.74, 6) is -0.227. The number of hydrogen-bond acceptors (Lipinski definition) is 5. The molecule has 4 rings (SSSR count). The van der Waals surface area contributed by atoms with Gasteiger partial charge < -0.3 is 14.8 Å². The van der Waals surface area contributed by atoms with Gasteiger partial charge in [0.15, 0.2) is 0 Å². The molecule has 3 aliphatic rings. The fourth-order valence-electron chi connectivity index (χ4n) is 2.90. The highest BCUT2D eigenvalue weighted by atomic mass is 35.5. The van der Waals surface area contributed by atoms with Gasteiger partial charge in [0.1, 0.15) is 30.5 Å². The van der Waals surface area contributed by atoms with E-state index in [9.17, 15) is 9.18 Å². The highest BCUT2D eigenvalue weighted by molar-refractivity contribution is 6.59. The molecule has 0 saturated carbocycles. The zero-order valence-corrected chi connectivity index (χ0v) is 14.5. The first-order valence-corrected chi connectivity index (χ1v) is 8.44. The molecule has 0 radical (unpaired) electrons. The predicted octanol–water partition coefficient (Wildman–Crippen LogP) is 1.81. The highest BCUT2D eigenvalue weighted by Gasteiger charge is 2.36. The van der Waals surface area contributed by atoms with Crippen molar-refractivity contribution in [3.63, 3.8) is 0 Å². The van der Waals surface area contributed by atoms with Crippen molar-refractivity contribution in [3.8, 4) is 5.75 Å². The third-order valence-electron chi connectivity index (χ3n) is 4.14. The first kappa shape index (κ1) is 16.7. The monoisotopic (exact) mass is 377 g/mol. The molecule has 3 aliphatic heterocycles. The van der Waals surface area contributed by atoms with Gasteiger partial charge in [-0.05, 0) is 23.7 Å². The van der Waals surface area contributed by atoms with Crippen LogP contribution in [-0.4, -0.2) is 47.7 Å². The van der Waals surface area contributed by atoms with Crippen molar-refractivity contribution in [3.05, 3.63) is 40.7 Å². The minimum Gasteiger partial charge on any atom is -0.491 e. The van der Waals surface area contributed by atoms with E-state index in [0.717, 1.165) is 0 Å². The van der Waals surface area contributed by atoms with Gasteiger partial charge in [-0.1, -0.05) is 11.6 Å². The topological polar surface area (TPSA) is 75.3 Å². The molecular formula is C17H15ClFN4O3+. The van der Waals surface area contributed by atoms with Gasteiger partial charge in [0, 0.05) is 17.3 Å². The molecule has 9 heteroatoms. The number of nitrogens with zero attached hydrogens (tertiary/aromatic N) is 3. The Kier molecular flexibility index (Phi) is 4.20. The van der Waals surface area contributed by atoms with Gasteiger partial charge in [-0.2, -0.15) is 0 Å². The van der Waals surface area contributed by atoms with Gasteiger partial charge in [0.25, 0.3) is 12.1 Å². The van der Waals surface area contributed by atoms with Crippen molar-refractivity contribution in [1.82, 2.24) is 5.32 Å². The Morgan fingerprint density at radius 1 is 1.42 bits per heavy atom. The largest absolute Gasteiger partial charge is 0.491 e. The lowest BCUT2D eigenvalue weighted by atomic mass is 10.1. The number of hydrazone groups is 1. The summed E-state index contributed by atoms with van der Waals surface area (Å²) >= 11 is 6.15. The Labute approximate surface area is 153 Å². The smallest absolute Gasteiger partial charge is 0.320 e. The molecule has 0 aliphatic carbocycles. The maximum absolute atomic E-state index is 13.9. The number of aliphatic imine (C=N–C) groups is 1. The number of amides is 1. The van der Waals surface area contributed by atoms with E-state index < -0.39 is 11.9 Å². The number of carbonyl (C=O) groups excluding carboxylic acids is 1. The molecule has 0 aromatic heterocycles. The molecule has 1 aromatic rings. The number of benzene rings is 1. The van der Waals surface area contributed by atoms with E-state index in [1.807, 2.05) is 0 Å². The van der Waals surface area contributed by atoms with Crippen LogP contribution in [0.15, 0.2) is 34.4 Å². The lowest BCUT2D eigenvalue weighted by molar-refractivity contribution is -0.554. The maximum Gasteiger partial charge on any atom is 0.320 e. The van der Waals surface area contributed by atoms with Gasteiger partial charge in [0.05, 0.1) is 17.1 Å². The molecule has 0 fully saturated rings. The van der Waals surface area contributed by atoms with Gasteiger partial charge in [-0.15, -0.1) is 0 Å². The number of ether oxygens (including phenoxy) is 2. The molecule has 134 valence electrons. The van der Waals surface area contributed by atoms with Crippen LogP contribution in [0.5, 0.6) is 5.75 Å². The number of nitrogens with one attached hydrogen (secondary N) is 1. The number of rotatable bonds is 0. The zero-order valence-electron chi connectivity index (χ0n) is 13.8. The molecule has 26 heavy (non-hydrogen) atoms. The molecule has 1 amide bonds. The van der Waals surface area contributed by atoms with Crippen LogP contribution in [0.25, 0.3) is 0 Å². The third kappa shape index (κ3) is 2.86. The van der Waals surface area contributed by atoms with Gasteiger partial charge >= 0.3 is 11.6 Å². The van der Waals surface area contributed by atoms with Crippen LogP contribution in [0.4, 0.5) is 4.39 Å². The molecule has 2 bridgehead atoms. The average Bonchev–Trinajstić information content (AvgIpc) is 3.04. The summed E-state index contributed by atoms with van der Waals surface area (Å²) in [5.41, 5.74) is 0.700. The van der Waals surface area contributed by atoms with E-state index >= 15 is 0 Å². The van der Waals surface area contributed by atoms with E-state index in [-0.39, 0.29) is 36.1 Å². The number of carbonyl (C=O) groups is 1. The van der Waals surface area contributed by atoms with Gasteiger partial charge in [0.2, 0.25) is 0 Å². The molecule has 3 heterocycles. The first-order valence-electron chi connectivity index (χ1n) is 8.06. The van der Waals surface area contributed by atoms with E-state index in [1.54, 1.807) is 19.1 Å². The normalized spacial score (nSPS) is 24.4. The van der Waals surface area contributed by atoms with Crippen LogP contribution < -0.4 is 10.1 Å². The molecule has 7 nitrogen and oxygen atoms in total. The molecule has 0 saturated heterocycles. The quantitative estimate of drug-likeness (QED) is 0.701. The van der Waals surface area contributed by atoms with Crippen LogP contribution in [0, 0.1) is 5.82 Å². The van der Waals surface area contributed by atoms with Crippen LogP contribution in [0.1, 0.15) is 18.6 Å². The molecule has 1 N–H and O–H groups in total. The van der Waals surface area contributed by atoms with Crippen molar-refractivity contribution in [2.45, 2.75) is 19.2 Å². The van der Waals surface area contributed by atoms with Gasteiger partial charge in [-0.25, -0.2) is 9.38 Å². The fourth-order valence-corrected chi connectivity index (χ4v) is 3.21. The van der Waals surface area contributed by atoms with Crippen molar-refractivity contribution in [1.29, 1.82) is 0 Å². The SMILES string of the molecule is CC1OC2=N[N+]3=C(C=NC3C=C2)C(=O)NCCOc2ccc(F)c(Cl)c21. The number of hydrogen-bond donors (Lipinski definition) is 1. The Bertz CT molecular complexity index is 910. The molecule has 2 unspecified atom stereocenters. The summed E-state index contributed by atoms with van der Waals surface area (Å²) in [6, 6.07) is 2.72. The second-order valence-corrected chi connectivity index (χ2v) is 6.23. The Morgan fingerprint density at radius 3 is 3.12 bits per heavy atom. The molecule has 2 atom stereocenters. The molecular weight excluding hydrogens is 363 g/mol. The Balaban J connectivity index is 1.76. The average molecular weight is 378 g/mol. The summed E-state index contributed by atoms with van der Waals surface area (Å²) in [6.07, 6.45) is 3.89. The summed E-state index contributed by atoms with van der Waals surface area (Å²) in [5, 5.41) is 7.02. The van der Waals surface area contributed by atoms with Crippen LogP contribution in [0.3, 0.4) is 0 Å². The lowest BCUT2D eigenvalue weighted by Gasteiger charge is -2.20. The summed E-state index contributed by atoms with van der Waals surface area (Å²) in [7, 11) is 0. The second-order valence-electron chi connectivity index (χ2n) is 5.86. The van der Waals surface area contributed by atoms with Crippen LogP contribution in [0.2, 0.25) is 5.02 Å². The van der Waals surface area contributed by atoms with E-state index in [2.05, 4.69) is 15.4 Å². The first-order chi connectivity index (χ1) is 12.5. The molecule has 1 aromatic carbocycles. The van der Waals surface area contributed by atoms with Crippen molar-refractivity contribution in [2.75, 3.05) is 13.2 Å². The minimum absolute atomic E-state index is 0.0658. The second kappa shape index (κ2) is 6.53. The van der Waals surface area contributed by atoms with Crippen LogP contribution >= 0.6 is 11.6 Å². The fraction of sp³-hybridized carbons (Fsp3) is 0.294. The predicted molar refractivity (Wildman–Crippen MR) is 93.5 cm³/mol. The standard InChI is InChI=1S/C17H14ClFN4O3/c1-9-15-12(3-2-10(19)16(15)18)25-7-6-20-17(24)11-8-21-13-4-5-14(26-9)22-23(11)13/h2-5,8-9,13H,6-7H2,1H3/p+1.